The van der Waals surface area contributed by atoms with E-state index in [9.17, 15) is 24.0 Å². The van der Waals surface area contributed by atoms with Crippen molar-refractivity contribution in [1.29, 1.82) is 0 Å². The molecule has 0 saturated heterocycles. The monoisotopic (exact) mass is 473 g/mol. The third kappa shape index (κ3) is 14.3. The van der Waals surface area contributed by atoms with Crippen LogP contribution in [0.2, 0.25) is 0 Å². The van der Waals surface area contributed by atoms with E-state index in [1.807, 2.05) is 0 Å². The summed E-state index contributed by atoms with van der Waals surface area (Å²) in [5.74, 6) is -4.51. The fourth-order valence-corrected chi connectivity index (χ4v) is 2.63. The molecule has 15 heteroatoms. The van der Waals surface area contributed by atoms with Crippen LogP contribution in [0, 0.1) is 0 Å². The Labute approximate surface area is 191 Å². The summed E-state index contributed by atoms with van der Waals surface area (Å²) in [6.45, 7) is 0.208. The van der Waals surface area contributed by atoms with Crippen molar-refractivity contribution in [2.45, 2.75) is 56.7 Å². The summed E-state index contributed by atoms with van der Waals surface area (Å²) >= 11 is 0. The van der Waals surface area contributed by atoms with Crippen LogP contribution in [0.3, 0.4) is 0 Å². The highest BCUT2D eigenvalue weighted by atomic mass is 16.4. The summed E-state index contributed by atoms with van der Waals surface area (Å²) in [5, 5.41) is 16.1. The Morgan fingerprint density at radius 2 is 1.55 bits per heavy atom. The van der Waals surface area contributed by atoms with Gasteiger partial charge in [0.2, 0.25) is 23.6 Å². The minimum atomic E-state index is -1.54. The van der Waals surface area contributed by atoms with Gasteiger partial charge in [-0.25, -0.2) is 4.79 Å². The van der Waals surface area contributed by atoms with Gasteiger partial charge in [-0.3, -0.25) is 24.2 Å². The molecule has 33 heavy (non-hydrogen) atoms. The fraction of sp³-hybridized carbons (Fsp3) is 0.667. The number of carboxylic acids is 1. The number of carbonyl (C=O) groups is 5. The Morgan fingerprint density at radius 3 is 2.09 bits per heavy atom. The van der Waals surface area contributed by atoms with Crippen LogP contribution in [0.15, 0.2) is 4.99 Å². The lowest BCUT2D eigenvalue weighted by Gasteiger charge is -2.21. The van der Waals surface area contributed by atoms with E-state index in [2.05, 4.69) is 20.9 Å². The minimum absolute atomic E-state index is 0.0703. The summed E-state index contributed by atoms with van der Waals surface area (Å²) in [6, 6.07) is -3.54. The molecular formula is C18H35N9O6. The summed E-state index contributed by atoms with van der Waals surface area (Å²) in [4.78, 5) is 62.8. The number of hydrogen-bond acceptors (Lipinski definition) is 8. The molecule has 0 rings (SSSR count). The molecule has 3 atom stereocenters. The van der Waals surface area contributed by atoms with Crippen molar-refractivity contribution in [2.75, 3.05) is 19.6 Å². The molecule has 3 unspecified atom stereocenters. The molecule has 0 aliphatic heterocycles. The Balaban J connectivity index is 4.81. The summed E-state index contributed by atoms with van der Waals surface area (Å²) in [6.07, 6.45) is 1.32. The third-order valence-corrected chi connectivity index (χ3v) is 4.35. The zero-order valence-corrected chi connectivity index (χ0v) is 18.4. The smallest absolute Gasteiger partial charge is 0.326 e. The number of nitrogens with two attached hydrogens (primary N) is 5. The highest BCUT2D eigenvalue weighted by Crippen LogP contribution is 2.03. The molecule has 0 heterocycles. The molecule has 0 radical (unpaired) electrons. The number of carboxylic acid groups (broad SMARTS) is 1. The molecule has 0 aromatic carbocycles. The molecule has 0 fully saturated rings. The van der Waals surface area contributed by atoms with Crippen LogP contribution in [-0.4, -0.2) is 78.4 Å². The Morgan fingerprint density at radius 1 is 0.879 bits per heavy atom. The lowest BCUT2D eigenvalue weighted by Crippen LogP contribution is -2.54. The number of hydrogen-bond donors (Lipinski definition) is 9. The molecule has 0 bridgehead atoms. The maximum atomic E-state index is 12.5. The number of aliphatic carboxylic acids is 1. The van der Waals surface area contributed by atoms with Crippen LogP contribution in [0.5, 0.6) is 0 Å². The topological polar surface area (TPSA) is 284 Å². The molecule has 4 amide bonds. The zero-order valence-electron chi connectivity index (χ0n) is 18.4. The van der Waals surface area contributed by atoms with E-state index in [0.29, 0.717) is 32.4 Å². The number of aliphatic imine (C=N–C) groups is 1. The predicted octanol–water partition coefficient (Wildman–Crippen LogP) is -4.46. The summed E-state index contributed by atoms with van der Waals surface area (Å²) in [7, 11) is 0. The van der Waals surface area contributed by atoms with E-state index >= 15 is 0 Å². The van der Waals surface area contributed by atoms with E-state index in [-0.39, 0.29) is 18.8 Å². The molecule has 0 saturated carbocycles. The van der Waals surface area contributed by atoms with Gasteiger partial charge < -0.3 is 49.7 Å². The second kappa shape index (κ2) is 16.2. The van der Waals surface area contributed by atoms with Gasteiger partial charge >= 0.3 is 5.97 Å². The van der Waals surface area contributed by atoms with Crippen LogP contribution >= 0.6 is 0 Å². The van der Waals surface area contributed by atoms with E-state index in [0.717, 1.165) is 0 Å². The van der Waals surface area contributed by atoms with Gasteiger partial charge in [-0.1, -0.05) is 0 Å². The zero-order chi connectivity index (χ0) is 25.4. The Hall–Kier alpha value is -3.46. The standard InChI is InChI=1S/C18H35N9O6/c19-6-2-1-5-11(16(31)27-12(17(32)33)8-13(21)28)26-14(29)9-25-15(30)10(20)4-3-7-24-18(22)23/h10-12H,1-9,19-20H2,(H2,21,28)(H,25,30)(H,26,29)(H,27,31)(H,32,33)(H4,22,23,24). The maximum absolute atomic E-state index is 12.5. The SMILES string of the molecule is NCCCCC(NC(=O)CNC(=O)C(N)CCCN=C(N)N)C(=O)NC(CC(N)=O)C(=O)O. The summed E-state index contributed by atoms with van der Waals surface area (Å²) < 4.78 is 0. The van der Waals surface area contributed by atoms with Crippen molar-refractivity contribution in [3.8, 4) is 0 Å². The van der Waals surface area contributed by atoms with Gasteiger partial charge in [-0.15, -0.1) is 0 Å². The second-order valence-electron chi connectivity index (χ2n) is 7.25. The van der Waals surface area contributed by atoms with Gasteiger partial charge in [0.25, 0.3) is 0 Å². The molecule has 188 valence electrons. The van der Waals surface area contributed by atoms with Crippen LogP contribution in [0.1, 0.15) is 38.5 Å². The van der Waals surface area contributed by atoms with E-state index in [1.54, 1.807) is 0 Å². The number of unbranched alkanes of at least 4 members (excludes halogenated alkanes) is 1. The first kappa shape index (κ1) is 29.5. The van der Waals surface area contributed by atoms with Crippen LogP contribution in [0.4, 0.5) is 0 Å². The first-order valence-corrected chi connectivity index (χ1v) is 10.4. The number of nitrogens with zero attached hydrogens (tertiary/aromatic N) is 1. The highest BCUT2D eigenvalue weighted by Gasteiger charge is 2.27. The van der Waals surface area contributed by atoms with Gasteiger partial charge in [0.1, 0.15) is 12.1 Å². The predicted molar refractivity (Wildman–Crippen MR) is 119 cm³/mol. The molecular weight excluding hydrogens is 438 g/mol. The average molecular weight is 474 g/mol. The molecule has 0 aromatic heterocycles. The Kier molecular flexibility index (Phi) is 14.5. The number of guanidine groups is 1. The number of primary amides is 1. The van der Waals surface area contributed by atoms with Crippen molar-refractivity contribution in [3.05, 3.63) is 0 Å². The number of amides is 4. The van der Waals surface area contributed by atoms with Crippen molar-refractivity contribution in [3.63, 3.8) is 0 Å². The lowest BCUT2D eigenvalue weighted by atomic mass is 10.1. The van der Waals surface area contributed by atoms with E-state index in [1.165, 1.54) is 0 Å². The first-order valence-electron chi connectivity index (χ1n) is 10.4. The number of nitrogens with one attached hydrogen (secondary N) is 3. The van der Waals surface area contributed by atoms with Crippen molar-refractivity contribution >= 4 is 35.6 Å². The molecule has 0 spiro atoms. The summed E-state index contributed by atoms with van der Waals surface area (Å²) in [5.41, 5.74) is 26.6. The largest absolute Gasteiger partial charge is 0.480 e. The maximum Gasteiger partial charge on any atom is 0.326 e. The Bertz CT molecular complexity index is 712. The average Bonchev–Trinajstić information content (AvgIpc) is 2.73. The van der Waals surface area contributed by atoms with Crippen LogP contribution in [-0.2, 0) is 24.0 Å². The molecule has 15 nitrogen and oxygen atoms in total. The van der Waals surface area contributed by atoms with Crippen molar-refractivity contribution in [2.24, 2.45) is 33.7 Å². The van der Waals surface area contributed by atoms with Crippen LogP contribution in [0.25, 0.3) is 0 Å². The number of carbonyl (C=O) groups excluding carboxylic acids is 4. The molecule has 0 aliphatic rings. The number of rotatable bonds is 17. The fourth-order valence-electron chi connectivity index (χ4n) is 2.63. The van der Waals surface area contributed by atoms with Crippen LogP contribution < -0.4 is 44.6 Å². The molecule has 0 aromatic rings. The lowest BCUT2D eigenvalue weighted by molar-refractivity contribution is -0.143. The van der Waals surface area contributed by atoms with Gasteiger partial charge in [-0.05, 0) is 38.6 Å². The van der Waals surface area contributed by atoms with Gasteiger partial charge in [-0.2, -0.15) is 0 Å². The van der Waals surface area contributed by atoms with E-state index < -0.39 is 60.7 Å². The van der Waals surface area contributed by atoms with Gasteiger partial charge in [0.15, 0.2) is 5.96 Å². The third-order valence-electron chi connectivity index (χ3n) is 4.35. The van der Waals surface area contributed by atoms with Gasteiger partial charge in [0.05, 0.1) is 19.0 Å². The normalized spacial score (nSPS) is 13.2. The van der Waals surface area contributed by atoms with E-state index in [4.69, 9.17) is 33.8 Å². The highest BCUT2D eigenvalue weighted by molar-refractivity contribution is 5.93. The quantitative estimate of drug-likeness (QED) is 0.0554. The first-order chi connectivity index (χ1) is 15.5. The minimum Gasteiger partial charge on any atom is -0.480 e. The van der Waals surface area contributed by atoms with Gasteiger partial charge in [0, 0.05) is 6.54 Å². The molecule has 14 N–H and O–H groups in total. The molecule has 0 aliphatic carbocycles. The van der Waals surface area contributed by atoms with Crippen molar-refractivity contribution in [1.82, 2.24) is 16.0 Å². The van der Waals surface area contributed by atoms with Crippen molar-refractivity contribution < 1.29 is 29.1 Å². The second-order valence-corrected chi connectivity index (χ2v) is 7.25.